The molecule has 3 aromatic rings. The Kier molecular flexibility index (Phi) is 4.66. The van der Waals surface area contributed by atoms with Gasteiger partial charge in [0.25, 0.3) is 0 Å². The maximum absolute atomic E-state index is 13.4. The maximum atomic E-state index is 13.4. The summed E-state index contributed by atoms with van der Waals surface area (Å²) in [6.07, 6.45) is 7.86. The lowest BCUT2D eigenvalue weighted by Crippen LogP contribution is -2.42. The van der Waals surface area contributed by atoms with E-state index in [9.17, 15) is 9.59 Å². The fraction of sp³-hybridized carbons (Fsp3) is 0.375. The van der Waals surface area contributed by atoms with E-state index in [1.54, 1.807) is 10.9 Å². The number of carbonyl (C=O) groups excluding carboxylic acids is 2. The summed E-state index contributed by atoms with van der Waals surface area (Å²) in [5.74, 6) is 0.180. The normalized spacial score (nSPS) is 18.3. The molecular weight excluding hydrogens is 362 g/mol. The van der Waals surface area contributed by atoms with Crippen LogP contribution < -0.4 is 0 Å². The number of Topliss-reactive ketones (excluding diaryl/α,β-unsaturated/α-hetero) is 1. The predicted octanol–water partition coefficient (Wildman–Crippen LogP) is 3.65. The van der Waals surface area contributed by atoms with E-state index in [-0.39, 0.29) is 17.6 Å². The molecule has 1 aromatic heterocycles. The van der Waals surface area contributed by atoms with Gasteiger partial charge in [0.05, 0.1) is 0 Å². The monoisotopic (exact) mass is 387 g/mol. The molecule has 0 N–H and O–H groups in total. The number of rotatable bonds is 5. The number of carbonyl (C=O) groups is 2. The van der Waals surface area contributed by atoms with Gasteiger partial charge in [-0.1, -0.05) is 30.3 Å². The molecule has 1 aliphatic carbocycles. The van der Waals surface area contributed by atoms with E-state index in [0.717, 1.165) is 43.2 Å². The quantitative estimate of drug-likeness (QED) is 0.628. The Labute approximate surface area is 170 Å². The van der Waals surface area contributed by atoms with E-state index in [1.165, 1.54) is 16.5 Å². The van der Waals surface area contributed by atoms with Crippen LogP contribution in [0, 0.1) is 5.92 Å². The number of hydrogen-bond acceptors (Lipinski definition) is 3. The Morgan fingerprint density at radius 2 is 1.93 bits per heavy atom. The minimum atomic E-state index is -0.115. The third-order valence-corrected chi connectivity index (χ3v) is 6.40. The van der Waals surface area contributed by atoms with E-state index in [4.69, 9.17) is 0 Å². The Bertz CT molecular complexity index is 1060. The molecule has 0 saturated carbocycles. The number of piperidine rings is 1. The molecule has 0 bridgehead atoms. The molecule has 0 radical (unpaired) electrons. The summed E-state index contributed by atoms with van der Waals surface area (Å²) in [7, 11) is 0. The maximum Gasteiger partial charge on any atom is 0.224 e. The van der Waals surface area contributed by atoms with Crippen molar-refractivity contribution >= 4 is 22.5 Å². The van der Waals surface area contributed by atoms with Crippen LogP contribution in [0.4, 0.5) is 0 Å². The Hall–Kier alpha value is -2.95. The summed E-state index contributed by atoms with van der Waals surface area (Å²) < 4.78 is 1.78. The zero-order valence-electron chi connectivity index (χ0n) is 16.5. The SMILES string of the molecule is O=C(c1ccc2c3c(cccc13)CC2)C1CCCN(C(=O)CCn2cccn2)C1. The van der Waals surface area contributed by atoms with E-state index in [2.05, 4.69) is 29.4 Å². The van der Waals surface area contributed by atoms with Gasteiger partial charge >= 0.3 is 0 Å². The number of aryl methyl sites for hydroxylation is 3. The smallest absolute Gasteiger partial charge is 0.224 e. The number of ketones is 1. The third-order valence-electron chi connectivity index (χ3n) is 6.40. The van der Waals surface area contributed by atoms with Gasteiger partial charge in [-0.15, -0.1) is 0 Å². The standard InChI is InChI=1S/C24H25N3O2/c28-22(11-15-27-14-3-12-25-27)26-13-2-5-19(16-26)24(29)21-10-9-18-8-7-17-4-1-6-20(21)23(17)18/h1,3-4,6,9-10,12,14,19H,2,5,7-8,11,13,15-16H2. The van der Waals surface area contributed by atoms with Crippen molar-refractivity contribution in [2.24, 2.45) is 5.92 Å². The number of likely N-dealkylation sites (tertiary alicyclic amines) is 1. The van der Waals surface area contributed by atoms with Crippen LogP contribution in [-0.2, 0) is 24.2 Å². The molecular formula is C24H25N3O2. The molecule has 1 amide bonds. The van der Waals surface area contributed by atoms with Gasteiger partial charge in [-0.3, -0.25) is 14.3 Å². The Balaban J connectivity index is 1.33. The summed E-state index contributed by atoms with van der Waals surface area (Å²) in [6, 6.07) is 12.3. The van der Waals surface area contributed by atoms with Crippen molar-refractivity contribution in [3.05, 3.63) is 65.5 Å². The average molecular weight is 387 g/mol. The number of amides is 1. The lowest BCUT2D eigenvalue weighted by molar-refractivity contribution is -0.132. The third kappa shape index (κ3) is 3.35. The Morgan fingerprint density at radius 3 is 2.76 bits per heavy atom. The minimum Gasteiger partial charge on any atom is -0.342 e. The van der Waals surface area contributed by atoms with Crippen molar-refractivity contribution in [2.45, 2.75) is 38.6 Å². The number of hydrogen-bond donors (Lipinski definition) is 0. The van der Waals surface area contributed by atoms with Gasteiger partial charge in [-0.25, -0.2) is 0 Å². The predicted molar refractivity (Wildman–Crippen MR) is 112 cm³/mol. The summed E-state index contributed by atoms with van der Waals surface area (Å²) in [5.41, 5.74) is 3.53. The summed E-state index contributed by atoms with van der Waals surface area (Å²) in [4.78, 5) is 28.0. The molecule has 29 heavy (non-hydrogen) atoms. The van der Waals surface area contributed by atoms with Gasteiger partial charge in [0.1, 0.15) is 0 Å². The molecule has 5 nitrogen and oxygen atoms in total. The Morgan fingerprint density at radius 1 is 1.07 bits per heavy atom. The second-order valence-corrected chi connectivity index (χ2v) is 8.17. The first kappa shape index (κ1) is 18.1. The van der Waals surface area contributed by atoms with Gasteiger partial charge in [-0.2, -0.15) is 5.10 Å². The highest BCUT2D eigenvalue weighted by Gasteiger charge is 2.30. The van der Waals surface area contributed by atoms with Gasteiger partial charge in [0.2, 0.25) is 5.91 Å². The van der Waals surface area contributed by atoms with Crippen LogP contribution in [0.15, 0.2) is 48.8 Å². The van der Waals surface area contributed by atoms with Crippen molar-refractivity contribution < 1.29 is 9.59 Å². The van der Waals surface area contributed by atoms with Crippen molar-refractivity contribution in [1.82, 2.24) is 14.7 Å². The number of benzene rings is 2. The first-order valence-electron chi connectivity index (χ1n) is 10.5. The lowest BCUT2D eigenvalue weighted by Gasteiger charge is -2.32. The molecule has 1 atom stereocenters. The summed E-state index contributed by atoms with van der Waals surface area (Å²) >= 11 is 0. The summed E-state index contributed by atoms with van der Waals surface area (Å²) in [6.45, 7) is 1.85. The van der Waals surface area contributed by atoms with Crippen molar-refractivity contribution in [1.29, 1.82) is 0 Å². The highest BCUT2D eigenvalue weighted by molar-refractivity contribution is 6.11. The van der Waals surface area contributed by atoms with Gasteiger partial charge in [-0.05, 0) is 53.6 Å². The van der Waals surface area contributed by atoms with Crippen LogP contribution in [0.3, 0.4) is 0 Å². The molecule has 1 aliphatic heterocycles. The molecule has 1 saturated heterocycles. The number of nitrogens with zero attached hydrogens (tertiary/aromatic N) is 3. The average Bonchev–Trinajstić information content (AvgIpc) is 3.43. The van der Waals surface area contributed by atoms with Gasteiger partial charge < -0.3 is 4.90 Å². The van der Waals surface area contributed by atoms with E-state index < -0.39 is 0 Å². The van der Waals surface area contributed by atoms with Crippen molar-refractivity contribution in [3.63, 3.8) is 0 Å². The number of aromatic nitrogens is 2. The van der Waals surface area contributed by atoms with Crippen molar-refractivity contribution in [2.75, 3.05) is 13.1 Å². The minimum absolute atomic E-state index is 0.110. The van der Waals surface area contributed by atoms with E-state index >= 15 is 0 Å². The fourth-order valence-corrected chi connectivity index (χ4v) is 4.90. The molecule has 2 aromatic carbocycles. The van der Waals surface area contributed by atoms with Crippen LogP contribution in [0.2, 0.25) is 0 Å². The molecule has 2 aliphatic rings. The molecule has 148 valence electrons. The second kappa shape index (κ2) is 7.47. The zero-order valence-corrected chi connectivity index (χ0v) is 16.5. The molecule has 5 heteroatoms. The lowest BCUT2D eigenvalue weighted by atomic mass is 9.87. The first-order chi connectivity index (χ1) is 14.2. The zero-order chi connectivity index (χ0) is 19.8. The van der Waals surface area contributed by atoms with Crippen LogP contribution in [0.1, 0.15) is 40.7 Å². The largest absolute Gasteiger partial charge is 0.342 e. The second-order valence-electron chi connectivity index (χ2n) is 8.17. The van der Waals surface area contributed by atoms with E-state index in [0.29, 0.717) is 19.5 Å². The van der Waals surface area contributed by atoms with Gasteiger partial charge in [0, 0.05) is 49.9 Å². The van der Waals surface area contributed by atoms with E-state index in [1.807, 2.05) is 23.2 Å². The van der Waals surface area contributed by atoms with Crippen LogP contribution in [0.25, 0.3) is 10.8 Å². The molecule has 5 rings (SSSR count). The topological polar surface area (TPSA) is 55.2 Å². The first-order valence-corrected chi connectivity index (χ1v) is 10.5. The highest BCUT2D eigenvalue weighted by atomic mass is 16.2. The van der Waals surface area contributed by atoms with Crippen LogP contribution >= 0.6 is 0 Å². The molecule has 2 heterocycles. The fourth-order valence-electron chi connectivity index (χ4n) is 4.90. The highest BCUT2D eigenvalue weighted by Crippen LogP contribution is 2.34. The molecule has 1 unspecified atom stereocenters. The van der Waals surface area contributed by atoms with Crippen LogP contribution in [-0.4, -0.2) is 39.5 Å². The van der Waals surface area contributed by atoms with Crippen molar-refractivity contribution in [3.8, 4) is 0 Å². The molecule has 0 spiro atoms. The van der Waals surface area contributed by atoms with Gasteiger partial charge in [0.15, 0.2) is 5.78 Å². The molecule has 1 fully saturated rings. The summed E-state index contributed by atoms with van der Waals surface area (Å²) in [5, 5.41) is 6.52. The van der Waals surface area contributed by atoms with Crippen LogP contribution in [0.5, 0.6) is 0 Å².